The molecule has 7 heteroatoms. The second kappa shape index (κ2) is 6.42. The average molecular weight is 404 g/mol. The molecule has 0 amide bonds. The van der Waals surface area contributed by atoms with Crippen molar-refractivity contribution in [2.24, 2.45) is 17.8 Å². The first-order chi connectivity index (χ1) is 13.0. The van der Waals surface area contributed by atoms with Crippen LogP contribution in [0.15, 0.2) is 24.5 Å². The molecule has 0 radical (unpaired) electrons. The van der Waals surface area contributed by atoms with Crippen LogP contribution < -0.4 is 16.4 Å². The van der Waals surface area contributed by atoms with Gasteiger partial charge in [0.05, 0.1) is 10.0 Å². The molecule has 0 spiro atoms. The van der Waals surface area contributed by atoms with Crippen molar-refractivity contribution in [1.29, 1.82) is 0 Å². The molecule has 1 aromatic carbocycles. The number of nitrogens with zero attached hydrogens (tertiary/aromatic N) is 2. The molecule has 4 N–H and O–H groups in total. The lowest BCUT2D eigenvalue weighted by atomic mass is 9.53. The Kier molecular flexibility index (Phi) is 4.13. The van der Waals surface area contributed by atoms with E-state index in [0.717, 1.165) is 29.3 Å². The molecule has 4 aliphatic carbocycles. The van der Waals surface area contributed by atoms with Crippen LogP contribution in [0.3, 0.4) is 0 Å². The number of hydrogen-bond acceptors (Lipinski definition) is 5. The Labute approximate surface area is 169 Å². The van der Waals surface area contributed by atoms with E-state index in [1.807, 2.05) is 6.07 Å². The molecule has 4 aliphatic rings. The molecule has 1 heterocycles. The van der Waals surface area contributed by atoms with E-state index in [2.05, 4.69) is 20.6 Å². The van der Waals surface area contributed by atoms with Crippen LogP contribution in [0.25, 0.3) is 0 Å². The molecular weight excluding hydrogens is 381 g/mol. The number of rotatable bonds is 4. The SMILES string of the molecule is Nc1c(Nc2ccc(Cl)c(Cl)c2)ncnc1NC12CC3CC(CC(C3)C1)C2. The van der Waals surface area contributed by atoms with Crippen LogP contribution in [0.1, 0.15) is 38.5 Å². The third-order valence-electron chi connectivity index (χ3n) is 6.49. The molecule has 6 rings (SSSR count). The Morgan fingerprint density at radius 1 is 0.926 bits per heavy atom. The summed E-state index contributed by atoms with van der Waals surface area (Å²) in [5, 5.41) is 7.97. The van der Waals surface area contributed by atoms with E-state index in [1.54, 1.807) is 18.5 Å². The van der Waals surface area contributed by atoms with Crippen LogP contribution in [0, 0.1) is 17.8 Å². The Morgan fingerprint density at radius 2 is 1.56 bits per heavy atom. The molecule has 0 unspecified atom stereocenters. The van der Waals surface area contributed by atoms with Gasteiger partial charge in [0.25, 0.3) is 0 Å². The molecule has 4 bridgehead atoms. The lowest BCUT2D eigenvalue weighted by Gasteiger charge is -2.57. The number of aromatic nitrogens is 2. The Bertz CT molecular complexity index is 849. The molecule has 142 valence electrons. The zero-order valence-electron chi connectivity index (χ0n) is 15.0. The Hall–Kier alpha value is -1.72. The fourth-order valence-electron chi connectivity index (χ4n) is 5.82. The van der Waals surface area contributed by atoms with Crippen molar-refractivity contribution in [2.45, 2.75) is 44.1 Å². The molecule has 0 saturated heterocycles. The van der Waals surface area contributed by atoms with Crippen LogP contribution in [0.4, 0.5) is 23.0 Å². The van der Waals surface area contributed by atoms with Gasteiger partial charge in [0.15, 0.2) is 11.6 Å². The molecule has 0 atom stereocenters. The van der Waals surface area contributed by atoms with Crippen LogP contribution in [0.2, 0.25) is 10.0 Å². The molecule has 0 aliphatic heterocycles. The summed E-state index contributed by atoms with van der Waals surface area (Å²) < 4.78 is 0. The smallest absolute Gasteiger partial charge is 0.159 e. The Balaban J connectivity index is 1.39. The summed E-state index contributed by atoms with van der Waals surface area (Å²) in [7, 11) is 0. The van der Waals surface area contributed by atoms with Crippen molar-refractivity contribution in [2.75, 3.05) is 16.4 Å². The molecule has 4 saturated carbocycles. The highest BCUT2D eigenvalue weighted by Crippen LogP contribution is 2.56. The second-order valence-corrected chi connectivity index (χ2v) is 9.38. The number of nitrogen functional groups attached to an aromatic ring is 1. The van der Waals surface area contributed by atoms with Crippen molar-refractivity contribution < 1.29 is 0 Å². The van der Waals surface area contributed by atoms with Gasteiger partial charge in [0.1, 0.15) is 12.0 Å². The number of hydrogen-bond donors (Lipinski definition) is 3. The van der Waals surface area contributed by atoms with Crippen molar-refractivity contribution in [3.63, 3.8) is 0 Å². The van der Waals surface area contributed by atoms with Crippen LogP contribution in [0.5, 0.6) is 0 Å². The van der Waals surface area contributed by atoms with Crippen LogP contribution >= 0.6 is 23.2 Å². The largest absolute Gasteiger partial charge is 0.393 e. The van der Waals surface area contributed by atoms with Crippen molar-refractivity contribution in [3.05, 3.63) is 34.6 Å². The van der Waals surface area contributed by atoms with Gasteiger partial charge in [-0.2, -0.15) is 0 Å². The highest BCUT2D eigenvalue weighted by molar-refractivity contribution is 6.42. The van der Waals surface area contributed by atoms with E-state index in [1.165, 1.54) is 38.5 Å². The minimum Gasteiger partial charge on any atom is -0.393 e. The van der Waals surface area contributed by atoms with Gasteiger partial charge < -0.3 is 16.4 Å². The van der Waals surface area contributed by atoms with Gasteiger partial charge in [-0.25, -0.2) is 9.97 Å². The maximum Gasteiger partial charge on any atom is 0.159 e. The summed E-state index contributed by atoms with van der Waals surface area (Å²) in [6.45, 7) is 0. The first kappa shape index (κ1) is 17.4. The number of benzene rings is 1. The van der Waals surface area contributed by atoms with Crippen molar-refractivity contribution >= 4 is 46.2 Å². The number of anilines is 4. The Morgan fingerprint density at radius 3 is 2.19 bits per heavy atom. The van der Waals surface area contributed by atoms with Gasteiger partial charge in [-0.05, 0) is 74.5 Å². The summed E-state index contributed by atoms with van der Waals surface area (Å²) >= 11 is 12.1. The molecular formula is C20H23Cl2N5. The van der Waals surface area contributed by atoms with E-state index in [0.29, 0.717) is 21.6 Å². The average Bonchev–Trinajstić information content (AvgIpc) is 2.60. The number of nitrogens with two attached hydrogens (primary N) is 1. The van der Waals surface area contributed by atoms with Gasteiger partial charge in [0, 0.05) is 11.2 Å². The first-order valence-electron chi connectivity index (χ1n) is 9.60. The molecule has 2 aromatic rings. The summed E-state index contributed by atoms with van der Waals surface area (Å²) in [5.74, 6) is 3.90. The molecule has 4 fully saturated rings. The lowest BCUT2D eigenvalue weighted by molar-refractivity contribution is 0.0106. The first-order valence-corrected chi connectivity index (χ1v) is 10.4. The molecule has 27 heavy (non-hydrogen) atoms. The quantitative estimate of drug-likeness (QED) is 0.628. The van der Waals surface area contributed by atoms with E-state index in [4.69, 9.17) is 28.9 Å². The molecule has 1 aromatic heterocycles. The third-order valence-corrected chi connectivity index (χ3v) is 7.23. The van der Waals surface area contributed by atoms with E-state index in [9.17, 15) is 0 Å². The monoisotopic (exact) mass is 403 g/mol. The fourth-order valence-corrected chi connectivity index (χ4v) is 6.12. The minimum atomic E-state index is 0.151. The number of halogens is 2. The third kappa shape index (κ3) is 3.21. The predicted octanol–water partition coefficient (Wildman–Crippen LogP) is 5.49. The fraction of sp³-hybridized carbons (Fsp3) is 0.500. The standard InChI is InChI=1S/C20H23Cl2N5/c21-15-2-1-14(6-16(15)22)26-18-17(23)19(25-10-24-18)27-20-7-11-3-12(8-20)5-13(4-11)9-20/h1-2,6,10-13H,3-5,7-9,23H2,(H2,24,25,26,27). The van der Waals surface area contributed by atoms with E-state index >= 15 is 0 Å². The van der Waals surface area contributed by atoms with Gasteiger partial charge in [-0.1, -0.05) is 23.2 Å². The second-order valence-electron chi connectivity index (χ2n) is 8.56. The normalized spacial score (nSPS) is 31.1. The maximum atomic E-state index is 6.42. The minimum absolute atomic E-state index is 0.151. The summed E-state index contributed by atoms with van der Waals surface area (Å²) in [4.78, 5) is 8.77. The molecule has 5 nitrogen and oxygen atoms in total. The highest BCUT2D eigenvalue weighted by atomic mass is 35.5. The topological polar surface area (TPSA) is 75.9 Å². The maximum absolute atomic E-state index is 6.42. The summed E-state index contributed by atoms with van der Waals surface area (Å²) in [6.07, 6.45) is 9.48. The van der Waals surface area contributed by atoms with Gasteiger partial charge in [0.2, 0.25) is 0 Å². The summed E-state index contributed by atoms with van der Waals surface area (Å²) in [6, 6.07) is 5.36. The van der Waals surface area contributed by atoms with Crippen LogP contribution in [-0.2, 0) is 0 Å². The van der Waals surface area contributed by atoms with Crippen molar-refractivity contribution in [1.82, 2.24) is 9.97 Å². The van der Waals surface area contributed by atoms with Gasteiger partial charge in [-0.3, -0.25) is 0 Å². The zero-order valence-corrected chi connectivity index (χ0v) is 16.5. The lowest BCUT2D eigenvalue weighted by Crippen LogP contribution is -2.55. The predicted molar refractivity (Wildman–Crippen MR) is 111 cm³/mol. The van der Waals surface area contributed by atoms with Crippen LogP contribution in [-0.4, -0.2) is 15.5 Å². The van der Waals surface area contributed by atoms with Crippen molar-refractivity contribution in [3.8, 4) is 0 Å². The summed E-state index contributed by atoms with van der Waals surface area (Å²) in [5.41, 5.74) is 7.90. The van der Waals surface area contributed by atoms with E-state index < -0.39 is 0 Å². The van der Waals surface area contributed by atoms with Gasteiger partial charge >= 0.3 is 0 Å². The number of nitrogens with one attached hydrogen (secondary N) is 2. The highest BCUT2D eigenvalue weighted by Gasteiger charge is 2.51. The van der Waals surface area contributed by atoms with E-state index in [-0.39, 0.29) is 5.54 Å². The zero-order chi connectivity index (χ0) is 18.6. The van der Waals surface area contributed by atoms with Gasteiger partial charge in [-0.15, -0.1) is 0 Å².